The molecule has 0 rings (SSSR count). The SMILES string of the molecule is [Cu+2].[Cu+2].[O-2].[O-2].[O-2].[O-2].[O-2].[Sb+3].[Sb+3]. The van der Waals surface area contributed by atoms with Gasteiger partial charge in [0, 0.05) is 0 Å². The van der Waals surface area contributed by atoms with E-state index in [4.69, 9.17) is 0 Å². The van der Waals surface area contributed by atoms with Gasteiger partial charge >= 0.3 is 83.0 Å². The van der Waals surface area contributed by atoms with Crippen LogP contribution in [0.5, 0.6) is 0 Å². The monoisotopic (exact) mass is 448 g/mol. The second-order valence-electron chi connectivity index (χ2n) is 0. The zero-order valence-corrected chi connectivity index (χ0v) is 10.5. The molecule has 0 aliphatic carbocycles. The van der Waals surface area contributed by atoms with Crippen molar-refractivity contribution in [2.45, 2.75) is 0 Å². The summed E-state index contributed by atoms with van der Waals surface area (Å²) in [5.41, 5.74) is 0. The first-order valence-corrected chi connectivity index (χ1v) is 0. The van der Waals surface area contributed by atoms with Crippen molar-refractivity contribution in [3.05, 3.63) is 0 Å². The number of hydrogen-bond donors (Lipinski definition) is 0. The van der Waals surface area contributed by atoms with E-state index in [2.05, 4.69) is 0 Å². The summed E-state index contributed by atoms with van der Waals surface area (Å²) in [6.07, 6.45) is 0. The second-order valence-corrected chi connectivity index (χ2v) is 0. The summed E-state index contributed by atoms with van der Waals surface area (Å²) in [4.78, 5) is 0. The van der Waals surface area contributed by atoms with Crippen LogP contribution in [0.4, 0.5) is 0 Å². The Hall–Kier alpha value is 2.48. The van der Waals surface area contributed by atoms with E-state index in [0.717, 1.165) is 0 Å². The fraction of sp³-hybridized carbons (Fsp3) is 0. The van der Waals surface area contributed by atoms with Gasteiger partial charge in [0.25, 0.3) is 0 Å². The van der Waals surface area contributed by atoms with Crippen LogP contribution in [0.1, 0.15) is 0 Å². The summed E-state index contributed by atoms with van der Waals surface area (Å²) < 4.78 is 0. The third-order valence-electron chi connectivity index (χ3n) is 0. The number of hydrogen-bond acceptors (Lipinski definition) is 0. The van der Waals surface area contributed by atoms with Crippen LogP contribution in [-0.4, -0.2) is 48.9 Å². The fourth-order valence-electron chi connectivity index (χ4n) is 0. The molecule has 0 saturated heterocycles. The van der Waals surface area contributed by atoms with Crippen molar-refractivity contribution in [2.75, 3.05) is 0 Å². The minimum Gasteiger partial charge on any atom is -2.00 e. The molecular weight excluding hydrogens is 451 g/mol. The molecule has 0 aromatic carbocycles. The van der Waals surface area contributed by atoms with Crippen LogP contribution >= 0.6 is 0 Å². The third-order valence-corrected chi connectivity index (χ3v) is 0. The van der Waals surface area contributed by atoms with Gasteiger partial charge < -0.3 is 27.4 Å². The van der Waals surface area contributed by atoms with E-state index in [-0.39, 0.29) is 110 Å². The van der Waals surface area contributed by atoms with E-state index in [0.29, 0.717) is 0 Å². The van der Waals surface area contributed by atoms with E-state index in [1.807, 2.05) is 0 Å². The van der Waals surface area contributed by atoms with Crippen LogP contribution in [0.2, 0.25) is 0 Å². The van der Waals surface area contributed by atoms with Gasteiger partial charge in [-0.15, -0.1) is 0 Å². The van der Waals surface area contributed by atoms with Gasteiger partial charge in [0.15, 0.2) is 0 Å². The molecule has 0 atom stereocenters. The minimum atomic E-state index is 0. The summed E-state index contributed by atoms with van der Waals surface area (Å²) in [5.74, 6) is 0. The number of rotatable bonds is 0. The summed E-state index contributed by atoms with van der Waals surface area (Å²) in [6.45, 7) is 0. The van der Waals surface area contributed by atoms with Crippen molar-refractivity contribution in [2.24, 2.45) is 0 Å². The first kappa shape index (κ1) is 206. The maximum atomic E-state index is 0. The summed E-state index contributed by atoms with van der Waals surface area (Å²) >= 11 is 0. The summed E-state index contributed by atoms with van der Waals surface area (Å²) in [7, 11) is 0. The zero-order chi connectivity index (χ0) is 0. The molecule has 0 aromatic rings. The molecule has 6 radical (unpaired) electrons. The van der Waals surface area contributed by atoms with Gasteiger partial charge in [-0.1, -0.05) is 0 Å². The fourth-order valence-corrected chi connectivity index (χ4v) is 0. The predicted molar refractivity (Wildman–Crippen MR) is 14.9 cm³/mol. The molecule has 9 heteroatoms. The summed E-state index contributed by atoms with van der Waals surface area (Å²) in [5, 5.41) is 0. The van der Waals surface area contributed by atoms with Crippen molar-refractivity contribution in [3.8, 4) is 0 Å². The molecule has 0 bridgehead atoms. The normalized spacial score (nSPS) is 0. The molecule has 0 amide bonds. The van der Waals surface area contributed by atoms with Crippen molar-refractivity contribution in [3.63, 3.8) is 0 Å². The Bertz CT molecular complexity index is 12.9. The first-order chi connectivity index (χ1) is 0. The average molecular weight is 451 g/mol. The molecule has 9 heavy (non-hydrogen) atoms. The Morgan fingerprint density at radius 3 is 0.333 bits per heavy atom. The zero-order valence-electron chi connectivity index (χ0n) is 3.54. The van der Waals surface area contributed by atoms with Crippen molar-refractivity contribution in [1.29, 1.82) is 0 Å². The quantitative estimate of drug-likeness (QED) is 0.402. The van der Waals surface area contributed by atoms with E-state index in [1.165, 1.54) is 0 Å². The maximum absolute atomic E-state index is 0. The Balaban J connectivity index is 0. The van der Waals surface area contributed by atoms with Crippen molar-refractivity contribution < 1.29 is 61.5 Å². The van der Waals surface area contributed by atoms with Crippen LogP contribution in [0.3, 0.4) is 0 Å². The second kappa shape index (κ2) is 153. The molecule has 0 unspecified atom stereocenters. The third kappa shape index (κ3) is 123. The smallest absolute Gasteiger partial charge is 2.00 e. The summed E-state index contributed by atoms with van der Waals surface area (Å²) in [6, 6.07) is 0. The molecular formula is Cu2O5Sb2. The standard InChI is InChI=1S/2Cu.5O.2Sb/q2*+2;5*-2;2*+3. The molecule has 0 fully saturated rings. The molecule has 0 spiro atoms. The first-order valence-electron chi connectivity index (χ1n) is 0. The van der Waals surface area contributed by atoms with Gasteiger partial charge in [-0.3, -0.25) is 0 Å². The van der Waals surface area contributed by atoms with E-state index < -0.39 is 0 Å². The van der Waals surface area contributed by atoms with Gasteiger partial charge in [0.1, 0.15) is 0 Å². The van der Waals surface area contributed by atoms with Crippen LogP contribution < -0.4 is 0 Å². The Kier molecular flexibility index (Phi) is 3500. The van der Waals surface area contributed by atoms with Gasteiger partial charge in [0.05, 0.1) is 0 Å². The van der Waals surface area contributed by atoms with Gasteiger partial charge in [0.2, 0.25) is 0 Å². The van der Waals surface area contributed by atoms with Gasteiger partial charge in [-0.25, -0.2) is 0 Å². The molecule has 5 nitrogen and oxygen atoms in total. The van der Waals surface area contributed by atoms with Crippen molar-refractivity contribution in [1.82, 2.24) is 0 Å². The Labute approximate surface area is 109 Å². The van der Waals surface area contributed by atoms with E-state index >= 15 is 0 Å². The molecule has 0 aliphatic heterocycles. The molecule has 0 aromatic heterocycles. The molecule has 0 aliphatic rings. The predicted octanol–water partition coefficient (Wildman–Crippen LogP) is -1.36. The largest absolute Gasteiger partial charge is 3.00 e. The van der Waals surface area contributed by atoms with Crippen LogP contribution in [0.15, 0.2) is 0 Å². The Morgan fingerprint density at radius 1 is 0.333 bits per heavy atom. The molecule has 0 N–H and O–H groups in total. The van der Waals surface area contributed by atoms with Gasteiger partial charge in [-0.05, 0) is 0 Å². The maximum Gasteiger partial charge on any atom is 3.00 e. The van der Waals surface area contributed by atoms with Crippen molar-refractivity contribution >= 4 is 48.9 Å². The average Bonchev–Trinajstić information content (AvgIpc) is 0. The molecule has 62 valence electrons. The van der Waals surface area contributed by atoms with Gasteiger partial charge in [-0.2, -0.15) is 0 Å². The van der Waals surface area contributed by atoms with E-state index in [9.17, 15) is 0 Å². The molecule has 0 saturated carbocycles. The van der Waals surface area contributed by atoms with Crippen LogP contribution in [0, 0.1) is 0 Å². The van der Waals surface area contributed by atoms with E-state index in [1.54, 1.807) is 0 Å². The Morgan fingerprint density at radius 2 is 0.333 bits per heavy atom. The molecule has 0 heterocycles. The van der Waals surface area contributed by atoms with Crippen LogP contribution in [0.25, 0.3) is 0 Å². The topological polar surface area (TPSA) is 142 Å². The minimum absolute atomic E-state index is 0. The van der Waals surface area contributed by atoms with Crippen LogP contribution in [-0.2, 0) is 61.5 Å².